The number of aromatic nitrogens is 1. The first-order valence-corrected chi connectivity index (χ1v) is 8.45. The molecule has 1 N–H and O–H groups in total. The number of pyridine rings is 1. The summed E-state index contributed by atoms with van der Waals surface area (Å²) >= 11 is 0. The maximum absolute atomic E-state index is 11.5. The van der Waals surface area contributed by atoms with Crippen LogP contribution in [0.3, 0.4) is 0 Å². The Morgan fingerprint density at radius 2 is 2.26 bits per heavy atom. The highest BCUT2D eigenvalue weighted by molar-refractivity contribution is 7.91. The number of hydrogen-bond acceptors (Lipinski definition) is 5. The molecule has 0 saturated carbocycles. The minimum absolute atomic E-state index is 0.0761. The average molecular weight is 283 g/mol. The first-order chi connectivity index (χ1) is 9.00. The molecule has 1 fully saturated rings. The van der Waals surface area contributed by atoms with Gasteiger partial charge in [0.25, 0.3) is 0 Å². The van der Waals surface area contributed by atoms with Crippen LogP contribution in [0, 0.1) is 0 Å². The van der Waals surface area contributed by atoms with Crippen molar-refractivity contribution in [1.29, 1.82) is 0 Å². The molecule has 2 heterocycles. The van der Waals surface area contributed by atoms with Crippen LogP contribution in [0.15, 0.2) is 18.3 Å². The summed E-state index contributed by atoms with van der Waals surface area (Å²) in [6, 6.07) is 4.08. The van der Waals surface area contributed by atoms with Gasteiger partial charge in [0, 0.05) is 31.9 Å². The third kappa shape index (κ3) is 3.91. The SMILES string of the molecule is CCNc1ccc(CN2CCS(=O)(=O)CC2C)cn1. The van der Waals surface area contributed by atoms with E-state index in [1.165, 1.54) is 0 Å². The van der Waals surface area contributed by atoms with E-state index in [0.717, 1.165) is 24.5 Å². The summed E-state index contributed by atoms with van der Waals surface area (Å²) < 4.78 is 23.1. The highest BCUT2D eigenvalue weighted by Gasteiger charge is 2.27. The molecule has 0 spiro atoms. The number of nitrogens with zero attached hydrogens (tertiary/aromatic N) is 2. The zero-order valence-corrected chi connectivity index (χ0v) is 12.3. The number of hydrogen-bond donors (Lipinski definition) is 1. The molecule has 0 bridgehead atoms. The second-order valence-electron chi connectivity index (χ2n) is 5.02. The van der Waals surface area contributed by atoms with Crippen LogP contribution in [0.1, 0.15) is 19.4 Å². The topological polar surface area (TPSA) is 62.3 Å². The van der Waals surface area contributed by atoms with Crippen molar-refractivity contribution in [2.24, 2.45) is 0 Å². The Labute approximate surface area is 114 Å². The van der Waals surface area contributed by atoms with Gasteiger partial charge < -0.3 is 5.32 Å². The number of rotatable bonds is 4. The van der Waals surface area contributed by atoms with E-state index in [0.29, 0.717) is 6.54 Å². The summed E-state index contributed by atoms with van der Waals surface area (Å²) in [6.45, 7) is 6.23. The lowest BCUT2D eigenvalue weighted by Crippen LogP contribution is -2.46. The van der Waals surface area contributed by atoms with Crippen molar-refractivity contribution in [3.05, 3.63) is 23.9 Å². The molecule has 5 nitrogen and oxygen atoms in total. The molecular formula is C13H21N3O2S. The van der Waals surface area contributed by atoms with Crippen molar-refractivity contribution in [2.45, 2.75) is 26.4 Å². The molecular weight excluding hydrogens is 262 g/mol. The molecule has 1 aromatic rings. The Bertz CT molecular complexity index is 513. The first-order valence-electron chi connectivity index (χ1n) is 6.63. The third-order valence-corrected chi connectivity index (χ3v) is 5.17. The maximum atomic E-state index is 11.5. The zero-order valence-electron chi connectivity index (χ0n) is 11.5. The number of nitrogens with one attached hydrogen (secondary N) is 1. The van der Waals surface area contributed by atoms with Crippen LogP contribution in [0.25, 0.3) is 0 Å². The summed E-state index contributed by atoms with van der Waals surface area (Å²) in [6.07, 6.45) is 1.85. The van der Waals surface area contributed by atoms with Crippen molar-refractivity contribution >= 4 is 15.7 Å². The predicted molar refractivity (Wildman–Crippen MR) is 76.9 cm³/mol. The lowest BCUT2D eigenvalue weighted by Gasteiger charge is -2.32. The minimum atomic E-state index is -2.84. The van der Waals surface area contributed by atoms with E-state index in [1.54, 1.807) is 0 Å². The minimum Gasteiger partial charge on any atom is -0.370 e. The molecule has 2 rings (SSSR count). The predicted octanol–water partition coefficient (Wildman–Crippen LogP) is 1.13. The van der Waals surface area contributed by atoms with Crippen LogP contribution in [-0.4, -0.2) is 48.9 Å². The van der Waals surface area contributed by atoms with Gasteiger partial charge in [-0.15, -0.1) is 0 Å². The van der Waals surface area contributed by atoms with Gasteiger partial charge in [0.1, 0.15) is 5.82 Å². The fourth-order valence-corrected chi connectivity index (χ4v) is 3.93. The Morgan fingerprint density at radius 1 is 1.47 bits per heavy atom. The van der Waals surface area contributed by atoms with Crippen LogP contribution in [0.5, 0.6) is 0 Å². The van der Waals surface area contributed by atoms with E-state index in [-0.39, 0.29) is 17.5 Å². The van der Waals surface area contributed by atoms with Crippen molar-refractivity contribution < 1.29 is 8.42 Å². The Morgan fingerprint density at radius 3 is 2.84 bits per heavy atom. The van der Waals surface area contributed by atoms with Gasteiger partial charge in [-0.05, 0) is 25.5 Å². The average Bonchev–Trinajstić information content (AvgIpc) is 2.35. The van der Waals surface area contributed by atoms with Gasteiger partial charge >= 0.3 is 0 Å². The van der Waals surface area contributed by atoms with Crippen molar-refractivity contribution in [3.63, 3.8) is 0 Å². The Balaban J connectivity index is 1.97. The molecule has 6 heteroatoms. The van der Waals surface area contributed by atoms with Crippen LogP contribution in [0.2, 0.25) is 0 Å². The first kappa shape index (κ1) is 14.3. The standard InChI is InChI=1S/C13H21N3O2S/c1-3-14-13-5-4-12(8-15-13)9-16-6-7-19(17,18)10-11(16)2/h4-5,8,11H,3,6-7,9-10H2,1-2H3,(H,14,15). The molecule has 0 radical (unpaired) electrons. The van der Waals surface area contributed by atoms with Crippen molar-refractivity contribution in [2.75, 3.05) is 29.9 Å². The highest BCUT2D eigenvalue weighted by atomic mass is 32.2. The fourth-order valence-electron chi connectivity index (χ4n) is 2.31. The lowest BCUT2D eigenvalue weighted by atomic mass is 10.2. The Hall–Kier alpha value is -1.14. The summed E-state index contributed by atoms with van der Waals surface area (Å²) in [4.78, 5) is 6.53. The molecule has 0 aromatic carbocycles. The third-order valence-electron chi connectivity index (χ3n) is 3.38. The molecule has 1 saturated heterocycles. The molecule has 0 aliphatic carbocycles. The van der Waals surface area contributed by atoms with E-state index in [1.807, 2.05) is 32.2 Å². The van der Waals surface area contributed by atoms with Crippen LogP contribution < -0.4 is 5.32 Å². The summed E-state index contributed by atoms with van der Waals surface area (Å²) in [5, 5.41) is 3.15. The molecule has 1 atom stereocenters. The fraction of sp³-hybridized carbons (Fsp3) is 0.615. The number of sulfone groups is 1. The van der Waals surface area contributed by atoms with Gasteiger partial charge in [0.15, 0.2) is 9.84 Å². The molecule has 106 valence electrons. The normalized spacial score (nSPS) is 23.2. The molecule has 1 aliphatic rings. The van der Waals surface area contributed by atoms with E-state index in [2.05, 4.69) is 15.2 Å². The second kappa shape index (κ2) is 5.88. The summed E-state index contributed by atoms with van der Waals surface area (Å²) in [7, 11) is -2.84. The van der Waals surface area contributed by atoms with Crippen LogP contribution >= 0.6 is 0 Å². The largest absolute Gasteiger partial charge is 0.370 e. The van der Waals surface area contributed by atoms with E-state index in [4.69, 9.17) is 0 Å². The van der Waals surface area contributed by atoms with E-state index < -0.39 is 9.84 Å². The summed E-state index contributed by atoms with van der Waals surface area (Å²) in [5.41, 5.74) is 1.12. The summed E-state index contributed by atoms with van der Waals surface area (Å²) in [5.74, 6) is 1.40. The van der Waals surface area contributed by atoms with Gasteiger partial charge in [-0.1, -0.05) is 6.07 Å². The van der Waals surface area contributed by atoms with Gasteiger partial charge in [-0.2, -0.15) is 0 Å². The van der Waals surface area contributed by atoms with Gasteiger partial charge in [0.05, 0.1) is 11.5 Å². The quantitative estimate of drug-likeness (QED) is 0.897. The van der Waals surface area contributed by atoms with E-state index >= 15 is 0 Å². The zero-order chi connectivity index (χ0) is 13.9. The van der Waals surface area contributed by atoms with Gasteiger partial charge in [-0.3, -0.25) is 4.90 Å². The Kier molecular flexibility index (Phi) is 4.42. The molecule has 1 unspecified atom stereocenters. The van der Waals surface area contributed by atoms with E-state index in [9.17, 15) is 8.42 Å². The monoisotopic (exact) mass is 283 g/mol. The van der Waals surface area contributed by atoms with Crippen LogP contribution in [-0.2, 0) is 16.4 Å². The van der Waals surface area contributed by atoms with Gasteiger partial charge in [0.2, 0.25) is 0 Å². The van der Waals surface area contributed by atoms with Crippen molar-refractivity contribution in [3.8, 4) is 0 Å². The highest BCUT2D eigenvalue weighted by Crippen LogP contribution is 2.15. The smallest absolute Gasteiger partial charge is 0.153 e. The van der Waals surface area contributed by atoms with Gasteiger partial charge in [-0.25, -0.2) is 13.4 Å². The molecule has 19 heavy (non-hydrogen) atoms. The maximum Gasteiger partial charge on any atom is 0.153 e. The lowest BCUT2D eigenvalue weighted by molar-refractivity contribution is 0.218. The molecule has 0 amide bonds. The van der Waals surface area contributed by atoms with Crippen LogP contribution in [0.4, 0.5) is 5.82 Å². The molecule has 1 aromatic heterocycles. The molecule has 1 aliphatic heterocycles. The van der Waals surface area contributed by atoms with Crippen molar-refractivity contribution in [1.82, 2.24) is 9.88 Å². The second-order valence-corrected chi connectivity index (χ2v) is 7.24. The number of anilines is 1.